The van der Waals surface area contributed by atoms with E-state index in [1.807, 2.05) is 17.0 Å². The van der Waals surface area contributed by atoms with Crippen molar-refractivity contribution in [2.24, 2.45) is 5.92 Å². The number of piperidine rings is 1. The second-order valence-electron chi connectivity index (χ2n) is 7.39. The molecule has 4 nitrogen and oxygen atoms in total. The Balaban J connectivity index is 0.00000243. The minimum absolute atomic E-state index is 0. The summed E-state index contributed by atoms with van der Waals surface area (Å²) in [6, 6.07) is 6.07. The zero-order valence-corrected chi connectivity index (χ0v) is 16.6. The second-order valence-corrected chi connectivity index (χ2v) is 7.39. The summed E-state index contributed by atoms with van der Waals surface area (Å²) in [6.07, 6.45) is 6.20. The molecule has 1 aromatic rings. The maximum atomic E-state index is 12.4. The van der Waals surface area contributed by atoms with Gasteiger partial charge in [0.1, 0.15) is 0 Å². The highest BCUT2D eigenvalue weighted by Gasteiger charge is 2.23. The molecule has 1 aliphatic heterocycles. The zero-order valence-electron chi connectivity index (χ0n) is 15.8. The number of aryl methyl sites for hydroxylation is 2. The van der Waals surface area contributed by atoms with E-state index < -0.39 is 0 Å². The summed E-state index contributed by atoms with van der Waals surface area (Å²) in [5, 5.41) is 3.39. The molecule has 1 aromatic carbocycles. The van der Waals surface area contributed by atoms with Crippen molar-refractivity contribution in [1.29, 1.82) is 0 Å². The first kappa shape index (κ1) is 20.9. The Morgan fingerprint density at radius 1 is 1.12 bits per heavy atom. The van der Waals surface area contributed by atoms with E-state index in [0.717, 1.165) is 57.4 Å². The van der Waals surface area contributed by atoms with Crippen LogP contribution in [-0.4, -0.2) is 42.8 Å². The molecule has 144 valence electrons. The third-order valence-electron chi connectivity index (χ3n) is 5.64. The molecule has 1 amide bonds. The van der Waals surface area contributed by atoms with Crippen LogP contribution in [0, 0.1) is 5.92 Å². The molecule has 0 aromatic heterocycles. The van der Waals surface area contributed by atoms with Crippen LogP contribution >= 0.6 is 12.4 Å². The molecule has 2 aliphatic rings. The van der Waals surface area contributed by atoms with Gasteiger partial charge in [-0.2, -0.15) is 0 Å². The molecular weight excluding hydrogens is 348 g/mol. The van der Waals surface area contributed by atoms with E-state index in [2.05, 4.69) is 18.3 Å². The lowest BCUT2D eigenvalue weighted by molar-refractivity contribution is -0.132. The summed E-state index contributed by atoms with van der Waals surface area (Å²) in [5.74, 6) is 0.915. The highest BCUT2D eigenvalue weighted by Crippen LogP contribution is 2.24. The molecule has 0 saturated carbocycles. The van der Waals surface area contributed by atoms with E-state index in [1.54, 1.807) is 0 Å². The number of carbonyl (C=O) groups excluding carboxylic acids is 2. The van der Waals surface area contributed by atoms with Crippen LogP contribution in [0.4, 0.5) is 0 Å². The van der Waals surface area contributed by atoms with Crippen LogP contribution in [0.3, 0.4) is 0 Å². The number of amides is 1. The fourth-order valence-corrected chi connectivity index (χ4v) is 4.00. The first-order valence-corrected chi connectivity index (χ1v) is 9.81. The van der Waals surface area contributed by atoms with Gasteiger partial charge >= 0.3 is 0 Å². The summed E-state index contributed by atoms with van der Waals surface area (Å²) < 4.78 is 0. The van der Waals surface area contributed by atoms with Crippen LogP contribution < -0.4 is 5.32 Å². The van der Waals surface area contributed by atoms with Crippen LogP contribution in [0.2, 0.25) is 0 Å². The molecule has 3 rings (SSSR count). The van der Waals surface area contributed by atoms with Gasteiger partial charge in [-0.25, -0.2) is 0 Å². The molecule has 0 unspecified atom stereocenters. The smallest absolute Gasteiger partial charge is 0.223 e. The molecule has 5 heteroatoms. The Morgan fingerprint density at radius 3 is 2.58 bits per heavy atom. The summed E-state index contributed by atoms with van der Waals surface area (Å²) >= 11 is 0. The molecule has 1 heterocycles. The number of hydrogen-bond acceptors (Lipinski definition) is 3. The topological polar surface area (TPSA) is 49.4 Å². The molecule has 1 fully saturated rings. The first-order valence-electron chi connectivity index (χ1n) is 9.81. The van der Waals surface area contributed by atoms with E-state index in [0.29, 0.717) is 18.8 Å². The fourth-order valence-electron chi connectivity index (χ4n) is 4.00. The number of hydrogen-bond donors (Lipinski definition) is 1. The largest absolute Gasteiger partial charge is 0.343 e. The Labute approximate surface area is 163 Å². The Bertz CT molecular complexity index is 624. The van der Waals surface area contributed by atoms with Gasteiger partial charge in [0.05, 0.1) is 0 Å². The fraction of sp³-hybridized carbons (Fsp3) is 0.619. The molecular formula is C21H31ClN2O2. The van der Waals surface area contributed by atoms with E-state index in [4.69, 9.17) is 0 Å². The minimum atomic E-state index is 0. The molecule has 1 saturated heterocycles. The highest BCUT2D eigenvalue weighted by atomic mass is 35.5. The number of nitrogens with one attached hydrogen (secondary N) is 1. The SMILES string of the molecule is CCNCC1CCN(C(=O)CCC(=O)c2ccc3c(c2)CCC3)CC1.Cl. The predicted octanol–water partition coefficient (Wildman–Crippen LogP) is 3.41. The summed E-state index contributed by atoms with van der Waals surface area (Å²) in [6.45, 7) is 5.85. The Hall–Kier alpha value is -1.39. The lowest BCUT2D eigenvalue weighted by atomic mass is 9.96. The van der Waals surface area contributed by atoms with Crippen molar-refractivity contribution in [3.05, 3.63) is 34.9 Å². The van der Waals surface area contributed by atoms with Crippen molar-refractivity contribution in [1.82, 2.24) is 10.2 Å². The van der Waals surface area contributed by atoms with Crippen LogP contribution in [0.25, 0.3) is 0 Å². The van der Waals surface area contributed by atoms with Crippen molar-refractivity contribution < 1.29 is 9.59 Å². The molecule has 1 N–H and O–H groups in total. The Kier molecular flexibility index (Phi) is 8.11. The van der Waals surface area contributed by atoms with Gasteiger partial charge in [0.15, 0.2) is 5.78 Å². The minimum Gasteiger partial charge on any atom is -0.343 e. The molecule has 26 heavy (non-hydrogen) atoms. The molecule has 0 bridgehead atoms. The number of carbonyl (C=O) groups is 2. The van der Waals surface area contributed by atoms with Gasteiger partial charge in [-0.3, -0.25) is 9.59 Å². The highest BCUT2D eigenvalue weighted by molar-refractivity contribution is 5.98. The van der Waals surface area contributed by atoms with Gasteiger partial charge in [-0.05, 0) is 68.3 Å². The molecule has 1 aliphatic carbocycles. The van der Waals surface area contributed by atoms with Gasteiger partial charge in [0, 0.05) is 31.5 Å². The van der Waals surface area contributed by atoms with Gasteiger partial charge in [-0.1, -0.05) is 19.1 Å². The Morgan fingerprint density at radius 2 is 1.85 bits per heavy atom. The number of benzene rings is 1. The average Bonchev–Trinajstić information content (AvgIpc) is 3.12. The van der Waals surface area contributed by atoms with Crippen molar-refractivity contribution in [3.63, 3.8) is 0 Å². The number of likely N-dealkylation sites (tertiary alicyclic amines) is 1. The third kappa shape index (κ3) is 5.31. The lowest BCUT2D eigenvalue weighted by Gasteiger charge is -2.32. The van der Waals surface area contributed by atoms with Crippen molar-refractivity contribution in [2.45, 2.75) is 51.9 Å². The maximum absolute atomic E-state index is 12.4. The lowest BCUT2D eigenvalue weighted by Crippen LogP contribution is -2.40. The van der Waals surface area contributed by atoms with Crippen molar-refractivity contribution >= 4 is 24.1 Å². The van der Waals surface area contributed by atoms with Crippen LogP contribution in [0.5, 0.6) is 0 Å². The quantitative estimate of drug-likeness (QED) is 0.739. The second kappa shape index (κ2) is 10.1. The van der Waals surface area contributed by atoms with Crippen LogP contribution in [-0.2, 0) is 17.6 Å². The number of halogens is 1. The van der Waals surface area contributed by atoms with Gasteiger partial charge < -0.3 is 10.2 Å². The zero-order chi connectivity index (χ0) is 17.6. The summed E-state index contributed by atoms with van der Waals surface area (Å²) in [5.41, 5.74) is 3.48. The summed E-state index contributed by atoms with van der Waals surface area (Å²) in [7, 11) is 0. The number of nitrogens with zero attached hydrogens (tertiary/aromatic N) is 1. The standard InChI is InChI=1S/C21H30N2O2.ClH/c1-2-22-15-16-10-12-23(13-11-16)21(25)9-8-20(24)19-7-6-17-4-3-5-18(17)14-19;/h6-7,14,16,22H,2-5,8-13,15H2,1H3;1H. The van der Waals surface area contributed by atoms with Crippen molar-refractivity contribution in [2.75, 3.05) is 26.2 Å². The van der Waals surface area contributed by atoms with Gasteiger partial charge in [-0.15, -0.1) is 12.4 Å². The molecule has 0 spiro atoms. The maximum Gasteiger partial charge on any atom is 0.223 e. The predicted molar refractivity (Wildman–Crippen MR) is 107 cm³/mol. The van der Waals surface area contributed by atoms with Crippen LogP contribution in [0.15, 0.2) is 18.2 Å². The number of rotatable bonds is 7. The molecule has 0 radical (unpaired) electrons. The summed E-state index contributed by atoms with van der Waals surface area (Å²) in [4.78, 5) is 26.8. The van der Waals surface area contributed by atoms with E-state index in [9.17, 15) is 9.59 Å². The van der Waals surface area contributed by atoms with E-state index in [-0.39, 0.29) is 24.1 Å². The van der Waals surface area contributed by atoms with E-state index in [1.165, 1.54) is 17.5 Å². The number of fused-ring (bicyclic) bond motifs is 1. The van der Waals surface area contributed by atoms with Gasteiger partial charge in [0.25, 0.3) is 0 Å². The average molecular weight is 379 g/mol. The molecule has 0 atom stereocenters. The number of Topliss-reactive ketones (excluding diaryl/α,β-unsaturated/α-hetero) is 1. The van der Waals surface area contributed by atoms with Gasteiger partial charge in [0.2, 0.25) is 5.91 Å². The normalized spacial score (nSPS) is 16.9. The third-order valence-corrected chi connectivity index (χ3v) is 5.64. The number of ketones is 1. The monoisotopic (exact) mass is 378 g/mol. The van der Waals surface area contributed by atoms with Crippen LogP contribution in [0.1, 0.15) is 60.5 Å². The van der Waals surface area contributed by atoms with E-state index >= 15 is 0 Å². The first-order chi connectivity index (χ1) is 12.2. The van der Waals surface area contributed by atoms with Crippen molar-refractivity contribution in [3.8, 4) is 0 Å².